The Kier molecular flexibility index (Phi) is 2.81. The van der Waals surface area contributed by atoms with E-state index in [0.29, 0.717) is 5.52 Å². The van der Waals surface area contributed by atoms with Gasteiger partial charge in [0, 0.05) is 0 Å². The van der Waals surface area contributed by atoms with Gasteiger partial charge in [-0.25, -0.2) is 9.97 Å². The molecule has 0 atom stereocenters. The highest BCUT2D eigenvalue weighted by Crippen LogP contribution is 2.14. The minimum Gasteiger partial charge on any atom is -0.412 e. The molecule has 2 aromatic rings. The largest absolute Gasteiger partial charge is 0.412 e. The average molecular weight is 209 g/mol. The van der Waals surface area contributed by atoms with E-state index in [4.69, 9.17) is 11.5 Å². The number of hydrogen-bond acceptors (Lipinski definition) is 4. The quantitative estimate of drug-likeness (QED) is 0.395. The maximum absolute atomic E-state index is 5.22. The highest BCUT2D eigenvalue weighted by molar-refractivity contribution is 5.80. The zero-order valence-corrected chi connectivity index (χ0v) is 8.02. The lowest BCUT2D eigenvalue weighted by Gasteiger charge is -1.96. The number of guanidine groups is 1. The van der Waals surface area contributed by atoms with E-state index >= 15 is 0 Å². The van der Waals surface area contributed by atoms with Gasteiger partial charge in [0.05, 0.1) is 11.9 Å². The van der Waals surface area contributed by atoms with Crippen LogP contribution in [0.25, 0.3) is 11.0 Å². The molecule has 80 valence electrons. The molecule has 2 heterocycles. The topological polar surface area (TPSA) is 150 Å². The van der Waals surface area contributed by atoms with Crippen LogP contribution in [-0.4, -0.2) is 31.6 Å². The lowest BCUT2D eigenvalue weighted by Crippen LogP contribution is -2.22. The molecule has 8 nitrogen and oxygen atoms in total. The first-order chi connectivity index (χ1) is 6.66. The van der Waals surface area contributed by atoms with Gasteiger partial charge in [-0.2, -0.15) is 10.1 Å². The van der Waals surface area contributed by atoms with Crippen LogP contribution in [0.4, 0.5) is 5.95 Å². The van der Waals surface area contributed by atoms with Crippen LogP contribution in [0.15, 0.2) is 11.2 Å². The third kappa shape index (κ3) is 1.99. The smallest absolute Gasteiger partial charge is 0.253 e. The predicted octanol–water partition coefficient (Wildman–Crippen LogP) is -1.26. The van der Waals surface area contributed by atoms with Crippen molar-refractivity contribution in [3.8, 4) is 0 Å². The summed E-state index contributed by atoms with van der Waals surface area (Å²) in [6, 6.07) is 0. The summed E-state index contributed by atoms with van der Waals surface area (Å²) in [5.41, 5.74) is 12.7. The van der Waals surface area contributed by atoms with Crippen LogP contribution in [-0.2, 0) is 0 Å². The summed E-state index contributed by atoms with van der Waals surface area (Å²) in [5, 5.41) is 6.63. The highest BCUT2D eigenvalue weighted by Gasteiger charge is 2.04. The number of H-pyrrole nitrogens is 1. The number of rotatable bonds is 1. The van der Waals surface area contributed by atoms with Gasteiger partial charge in [-0.1, -0.05) is 0 Å². The molecule has 15 heavy (non-hydrogen) atoms. The number of aromatic amines is 1. The van der Waals surface area contributed by atoms with Crippen molar-refractivity contribution >= 4 is 22.9 Å². The first-order valence-electron chi connectivity index (χ1n) is 3.94. The third-order valence-corrected chi connectivity index (χ3v) is 1.70. The third-order valence-electron chi connectivity index (χ3n) is 1.70. The summed E-state index contributed by atoms with van der Waals surface area (Å²) in [6.45, 7) is 1.83. The fourth-order valence-electron chi connectivity index (χ4n) is 1.13. The van der Waals surface area contributed by atoms with Gasteiger partial charge in [-0.05, 0) is 6.92 Å². The Labute approximate surface area is 84.7 Å². The molecule has 0 radical (unpaired) electrons. The minimum absolute atomic E-state index is 0. The lowest BCUT2D eigenvalue weighted by atomic mass is 10.3. The van der Waals surface area contributed by atoms with Gasteiger partial charge in [-0.3, -0.25) is 5.10 Å². The monoisotopic (exact) mass is 209 g/mol. The van der Waals surface area contributed by atoms with Gasteiger partial charge < -0.3 is 16.9 Å². The molecule has 0 aliphatic rings. The van der Waals surface area contributed by atoms with Gasteiger partial charge in [0.15, 0.2) is 5.96 Å². The highest BCUT2D eigenvalue weighted by atomic mass is 16.0. The molecule has 0 aromatic carbocycles. The minimum atomic E-state index is -0.0627. The van der Waals surface area contributed by atoms with E-state index in [1.54, 1.807) is 6.20 Å². The van der Waals surface area contributed by atoms with E-state index in [9.17, 15) is 0 Å². The van der Waals surface area contributed by atoms with E-state index in [2.05, 4.69) is 25.2 Å². The number of fused-ring (bicyclic) bond motifs is 1. The molecule has 2 rings (SSSR count). The van der Waals surface area contributed by atoms with E-state index in [1.807, 2.05) is 6.92 Å². The first kappa shape index (κ1) is 10.9. The number of aliphatic imine (C=N–C) groups is 1. The van der Waals surface area contributed by atoms with Gasteiger partial charge in [0.25, 0.3) is 5.95 Å². The second-order valence-electron chi connectivity index (χ2n) is 2.78. The lowest BCUT2D eigenvalue weighted by molar-refractivity contribution is 0.824. The molecule has 0 amide bonds. The van der Waals surface area contributed by atoms with Crippen LogP contribution in [0, 0.1) is 6.92 Å². The number of nitrogens with zero attached hydrogens (tertiary/aromatic N) is 4. The molecule has 7 N–H and O–H groups in total. The summed E-state index contributed by atoms with van der Waals surface area (Å²) in [7, 11) is 0. The van der Waals surface area contributed by atoms with Gasteiger partial charge >= 0.3 is 0 Å². The normalized spacial score (nSPS) is 9.67. The standard InChI is InChI=1S/C7H9N7.H2O/c1-3-5-4(2-10-14-5)12-7(11-3)13-6(8)9;/h2H,1H3,(H,10,14)(H4,8,9,11,12,13);1H2. The van der Waals surface area contributed by atoms with Gasteiger partial charge in [0.2, 0.25) is 0 Å². The summed E-state index contributed by atoms with van der Waals surface area (Å²) in [4.78, 5) is 11.9. The average Bonchev–Trinajstić information content (AvgIpc) is 2.50. The Hall–Kier alpha value is -2.22. The fraction of sp³-hybridized carbons (Fsp3) is 0.143. The van der Waals surface area contributed by atoms with Crippen molar-refractivity contribution in [2.24, 2.45) is 16.5 Å². The maximum atomic E-state index is 5.22. The molecule has 0 bridgehead atoms. The van der Waals surface area contributed by atoms with Crippen LogP contribution in [0.2, 0.25) is 0 Å². The fourth-order valence-corrected chi connectivity index (χ4v) is 1.13. The zero-order valence-electron chi connectivity index (χ0n) is 8.02. The van der Waals surface area contributed by atoms with Crippen molar-refractivity contribution in [1.29, 1.82) is 0 Å². The van der Waals surface area contributed by atoms with Crippen LogP contribution < -0.4 is 11.5 Å². The summed E-state index contributed by atoms with van der Waals surface area (Å²) in [6.07, 6.45) is 1.59. The molecular weight excluding hydrogens is 198 g/mol. The second kappa shape index (κ2) is 3.88. The van der Waals surface area contributed by atoms with Crippen LogP contribution in [0.3, 0.4) is 0 Å². The summed E-state index contributed by atoms with van der Waals surface area (Å²) < 4.78 is 0. The number of nitrogens with two attached hydrogens (primary N) is 2. The molecule has 0 aliphatic carbocycles. The second-order valence-corrected chi connectivity index (χ2v) is 2.78. The Balaban J connectivity index is 0.00000112. The van der Waals surface area contributed by atoms with E-state index in [1.165, 1.54) is 0 Å². The summed E-state index contributed by atoms with van der Waals surface area (Å²) >= 11 is 0. The van der Waals surface area contributed by atoms with Crippen molar-refractivity contribution < 1.29 is 5.48 Å². The molecule has 8 heteroatoms. The van der Waals surface area contributed by atoms with Gasteiger partial charge in [-0.15, -0.1) is 0 Å². The molecule has 2 aromatic heterocycles. The molecular formula is C7H11N7O. The van der Waals surface area contributed by atoms with Crippen molar-refractivity contribution in [2.45, 2.75) is 6.92 Å². The van der Waals surface area contributed by atoms with Crippen LogP contribution in [0.1, 0.15) is 5.69 Å². The van der Waals surface area contributed by atoms with Crippen LogP contribution in [0.5, 0.6) is 0 Å². The SMILES string of the molecule is Cc1nc(N=C(N)N)nc2cn[nH]c12.O. The van der Waals surface area contributed by atoms with E-state index < -0.39 is 0 Å². The maximum Gasteiger partial charge on any atom is 0.253 e. The van der Waals surface area contributed by atoms with Crippen molar-refractivity contribution in [3.05, 3.63) is 11.9 Å². The summed E-state index contributed by atoms with van der Waals surface area (Å²) in [5.74, 6) is 0.184. The first-order valence-corrected chi connectivity index (χ1v) is 3.94. The molecule has 0 spiro atoms. The molecule has 0 saturated heterocycles. The molecule has 0 fully saturated rings. The Morgan fingerprint density at radius 2 is 2.13 bits per heavy atom. The zero-order chi connectivity index (χ0) is 10.1. The van der Waals surface area contributed by atoms with Crippen molar-refractivity contribution in [2.75, 3.05) is 0 Å². The van der Waals surface area contributed by atoms with Crippen molar-refractivity contribution in [3.63, 3.8) is 0 Å². The molecule has 0 aliphatic heterocycles. The Morgan fingerprint density at radius 1 is 1.40 bits per heavy atom. The van der Waals surface area contributed by atoms with Crippen molar-refractivity contribution in [1.82, 2.24) is 20.2 Å². The molecule has 0 unspecified atom stereocenters. The number of hydrogen-bond donors (Lipinski definition) is 3. The number of nitrogens with one attached hydrogen (secondary N) is 1. The molecule has 0 saturated carbocycles. The predicted molar refractivity (Wildman–Crippen MR) is 55.5 cm³/mol. The Bertz CT molecular complexity index is 499. The van der Waals surface area contributed by atoms with Crippen LogP contribution >= 0.6 is 0 Å². The Morgan fingerprint density at radius 3 is 2.80 bits per heavy atom. The van der Waals surface area contributed by atoms with Gasteiger partial charge in [0.1, 0.15) is 11.0 Å². The number of aromatic nitrogens is 4. The van der Waals surface area contributed by atoms with E-state index in [-0.39, 0.29) is 17.4 Å². The van der Waals surface area contributed by atoms with E-state index in [0.717, 1.165) is 11.2 Å². The number of aryl methyl sites for hydroxylation is 1.